The highest BCUT2D eigenvalue weighted by Crippen LogP contribution is 2.19. The van der Waals surface area contributed by atoms with Crippen LogP contribution in [0.4, 0.5) is 10.5 Å². The van der Waals surface area contributed by atoms with Crippen molar-refractivity contribution < 1.29 is 9.59 Å². The number of nitrogens with one attached hydrogen (secondary N) is 1. The molecule has 1 aliphatic heterocycles. The third kappa shape index (κ3) is 3.50. The minimum atomic E-state index is -0.353. The molecule has 3 amide bonds. The number of rotatable bonds is 3. The van der Waals surface area contributed by atoms with Gasteiger partial charge in [0.05, 0.1) is 13.0 Å². The highest BCUT2D eigenvalue weighted by Gasteiger charge is 2.26. The Kier molecular flexibility index (Phi) is 4.41. The minimum Gasteiger partial charge on any atom is -0.369 e. The summed E-state index contributed by atoms with van der Waals surface area (Å²) < 4.78 is 0. The largest absolute Gasteiger partial charge is 0.369 e. The zero-order valence-electron chi connectivity index (χ0n) is 13.3. The maximum atomic E-state index is 12.3. The van der Waals surface area contributed by atoms with Crippen LogP contribution in [0.3, 0.4) is 0 Å². The summed E-state index contributed by atoms with van der Waals surface area (Å²) in [5, 5.41) is 14.7. The number of likely N-dealkylation sites (tertiary alicyclic amines) is 1. The number of amides is 3. The molecule has 0 radical (unpaired) electrons. The number of anilines is 1. The first kappa shape index (κ1) is 15.9. The molecule has 1 aliphatic rings. The highest BCUT2D eigenvalue weighted by atomic mass is 16.2. The Bertz CT molecular complexity index is 741. The molecular weight excluding hydrogens is 310 g/mol. The summed E-state index contributed by atoms with van der Waals surface area (Å²) in [6.07, 6.45) is 1.51. The number of carbonyl (C=O) groups is 2. The van der Waals surface area contributed by atoms with E-state index in [0.29, 0.717) is 24.6 Å². The van der Waals surface area contributed by atoms with Crippen molar-refractivity contribution in [2.75, 3.05) is 18.4 Å². The number of hydrogen-bond donors (Lipinski definition) is 2. The van der Waals surface area contributed by atoms with Gasteiger partial charge in [-0.05, 0) is 42.3 Å². The smallest absolute Gasteiger partial charge is 0.321 e. The summed E-state index contributed by atoms with van der Waals surface area (Å²) in [6.45, 7) is 0.986. The van der Waals surface area contributed by atoms with Crippen molar-refractivity contribution in [3.05, 3.63) is 24.3 Å². The molecule has 9 heteroatoms. The molecule has 1 fully saturated rings. The Morgan fingerprint density at radius 2 is 2.04 bits per heavy atom. The molecule has 3 rings (SSSR count). The number of aromatic nitrogens is 4. The average molecular weight is 329 g/mol. The van der Waals surface area contributed by atoms with Crippen LogP contribution in [0, 0.1) is 5.92 Å². The van der Waals surface area contributed by atoms with Gasteiger partial charge in [-0.3, -0.25) is 4.79 Å². The summed E-state index contributed by atoms with van der Waals surface area (Å²) in [5.74, 6) is -0.0985. The van der Waals surface area contributed by atoms with Crippen LogP contribution in [0.25, 0.3) is 11.4 Å². The lowest BCUT2D eigenvalue weighted by Gasteiger charge is -2.31. The summed E-state index contributed by atoms with van der Waals surface area (Å²) in [4.78, 5) is 26.6. The lowest BCUT2D eigenvalue weighted by atomic mass is 9.98. The van der Waals surface area contributed by atoms with E-state index in [2.05, 4.69) is 20.7 Å². The van der Waals surface area contributed by atoms with E-state index >= 15 is 0 Å². The molecule has 3 N–H and O–H groups in total. The van der Waals surface area contributed by atoms with E-state index in [-0.39, 0.29) is 17.9 Å². The number of nitrogens with two attached hydrogens (primary N) is 1. The van der Waals surface area contributed by atoms with Gasteiger partial charge in [-0.25, -0.2) is 4.79 Å². The molecule has 0 unspecified atom stereocenters. The average Bonchev–Trinajstić information content (AvgIpc) is 3.02. The van der Waals surface area contributed by atoms with E-state index in [1.54, 1.807) is 24.1 Å². The van der Waals surface area contributed by atoms with Crippen molar-refractivity contribution in [2.24, 2.45) is 18.7 Å². The predicted molar refractivity (Wildman–Crippen MR) is 86.7 cm³/mol. The molecule has 0 bridgehead atoms. The number of nitrogens with zero attached hydrogens (tertiary/aromatic N) is 5. The maximum Gasteiger partial charge on any atom is 0.321 e. The second-order valence-electron chi connectivity index (χ2n) is 5.80. The molecule has 126 valence electrons. The van der Waals surface area contributed by atoms with Crippen LogP contribution in [0.5, 0.6) is 0 Å². The van der Waals surface area contributed by atoms with Gasteiger partial charge < -0.3 is 16.0 Å². The fourth-order valence-corrected chi connectivity index (χ4v) is 2.70. The zero-order valence-corrected chi connectivity index (χ0v) is 13.3. The van der Waals surface area contributed by atoms with Gasteiger partial charge >= 0.3 is 6.03 Å². The number of aryl methyl sites for hydroxylation is 1. The van der Waals surface area contributed by atoms with Gasteiger partial charge in [0.2, 0.25) is 11.7 Å². The fraction of sp³-hybridized carbons (Fsp3) is 0.400. The summed E-state index contributed by atoms with van der Waals surface area (Å²) in [5.41, 5.74) is 6.81. The molecule has 1 atom stereocenters. The molecule has 24 heavy (non-hydrogen) atoms. The fourth-order valence-electron chi connectivity index (χ4n) is 2.70. The van der Waals surface area contributed by atoms with E-state index in [1.165, 1.54) is 4.80 Å². The zero-order chi connectivity index (χ0) is 17.1. The van der Waals surface area contributed by atoms with E-state index < -0.39 is 0 Å². The predicted octanol–water partition coefficient (Wildman–Crippen LogP) is 0.606. The Balaban J connectivity index is 1.63. The summed E-state index contributed by atoms with van der Waals surface area (Å²) in [7, 11) is 1.70. The molecule has 0 spiro atoms. The number of primary amides is 1. The van der Waals surface area contributed by atoms with Gasteiger partial charge in [0.25, 0.3) is 0 Å². The Morgan fingerprint density at radius 1 is 1.29 bits per heavy atom. The Hall–Kier alpha value is -2.97. The number of tetrazole rings is 1. The third-order valence-corrected chi connectivity index (χ3v) is 4.01. The Labute approximate surface area is 138 Å². The number of piperidine rings is 1. The highest BCUT2D eigenvalue weighted by molar-refractivity contribution is 5.90. The molecule has 2 heterocycles. The monoisotopic (exact) mass is 329 g/mol. The Morgan fingerprint density at radius 3 is 2.67 bits per heavy atom. The van der Waals surface area contributed by atoms with Crippen molar-refractivity contribution in [1.82, 2.24) is 25.1 Å². The van der Waals surface area contributed by atoms with E-state index in [0.717, 1.165) is 18.4 Å². The second kappa shape index (κ2) is 6.65. The van der Waals surface area contributed by atoms with Gasteiger partial charge in [0, 0.05) is 24.3 Å². The number of carbonyl (C=O) groups excluding carboxylic acids is 2. The van der Waals surface area contributed by atoms with Crippen LogP contribution in [-0.2, 0) is 11.8 Å². The normalized spacial score (nSPS) is 17.5. The number of urea groups is 1. The molecule has 9 nitrogen and oxygen atoms in total. The summed E-state index contributed by atoms with van der Waals surface area (Å²) >= 11 is 0. The SMILES string of the molecule is Cn1nnc(-c2ccc(NC(=O)N3CCC[C@H](C(N)=O)C3)cc2)n1. The van der Waals surface area contributed by atoms with Gasteiger partial charge in [0.1, 0.15) is 0 Å². The van der Waals surface area contributed by atoms with E-state index in [4.69, 9.17) is 5.73 Å². The first-order valence-corrected chi connectivity index (χ1v) is 7.72. The second-order valence-corrected chi connectivity index (χ2v) is 5.80. The van der Waals surface area contributed by atoms with Crippen LogP contribution >= 0.6 is 0 Å². The van der Waals surface area contributed by atoms with Crippen molar-refractivity contribution in [3.63, 3.8) is 0 Å². The van der Waals surface area contributed by atoms with Gasteiger partial charge in [0.15, 0.2) is 0 Å². The summed E-state index contributed by atoms with van der Waals surface area (Å²) in [6, 6.07) is 6.95. The molecular formula is C15H19N7O2. The van der Waals surface area contributed by atoms with Gasteiger partial charge in [-0.15, -0.1) is 10.2 Å². The van der Waals surface area contributed by atoms with Crippen molar-refractivity contribution >= 4 is 17.6 Å². The molecule has 0 saturated carbocycles. The standard InChI is InChI=1S/C15H19N7O2/c1-21-19-14(18-20-21)10-4-6-12(7-5-10)17-15(24)22-8-2-3-11(9-22)13(16)23/h4-7,11H,2-3,8-9H2,1H3,(H2,16,23)(H,17,24)/t11-/m0/s1. The maximum absolute atomic E-state index is 12.3. The quantitative estimate of drug-likeness (QED) is 0.855. The van der Waals surface area contributed by atoms with Crippen LogP contribution in [-0.4, -0.2) is 50.1 Å². The molecule has 1 saturated heterocycles. The topological polar surface area (TPSA) is 119 Å². The van der Waals surface area contributed by atoms with Crippen LogP contribution in [0.2, 0.25) is 0 Å². The van der Waals surface area contributed by atoms with E-state index in [9.17, 15) is 9.59 Å². The lowest BCUT2D eigenvalue weighted by Crippen LogP contribution is -2.45. The first-order valence-electron chi connectivity index (χ1n) is 7.72. The van der Waals surface area contributed by atoms with Crippen LogP contribution in [0.1, 0.15) is 12.8 Å². The molecule has 1 aromatic carbocycles. The molecule has 1 aromatic heterocycles. The van der Waals surface area contributed by atoms with Gasteiger partial charge in [-0.2, -0.15) is 4.80 Å². The van der Waals surface area contributed by atoms with Crippen molar-refractivity contribution in [2.45, 2.75) is 12.8 Å². The van der Waals surface area contributed by atoms with Crippen molar-refractivity contribution in [3.8, 4) is 11.4 Å². The third-order valence-electron chi connectivity index (χ3n) is 4.01. The first-order chi connectivity index (χ1) is 11.5. The van der Waals surface area contributed by atoms with Gasteiger partial charge in [-0.1, -0.05) is 0 Å². The molecule has 0 aliphatic carbocycles. The van der Waals surface area contributed by atoms with Crippen LogP contribution < -0.4 is 11.1 Å². The van der Waals surface area contributed by atoms with Crippen LogP contribution in [0.15, 0.2) is 24.3 Å². The minimum absolute atomic E-state index is 0.230. The lowest BCUT2D eigenvalue weighted by molar-refractivity contribution is -0.123. The number of benzene rings is 1. The van der Waals surface area contributed by atoms with E-state index in [1.807, 2.05) is 12.1 Å². The number of hydrogen-bond acceptors (Lipinski definition) is 5. The molecule has 2 aromatic rings. The van der Waals surface area contributed by atoms with Crippen molar-refractivity contribution in [1.29, 1.82) is 0 Å².